The molecule has 4 rings (SSSR count). The van der Waals surface area contributed by atoms with Gasteiger partial charge in [0.05, 0.1) is 5.71 Å². The van der Waals surface area contributed by atoms with Crippen LogP contribution < -0.4 is 4.90 Å². The maximum Gasteiger partial charge on any atom is 0.273 e. The number of rotatable bonds is 3. The standard InChI is InChI=1S/C17H17N3OS/c21-16-13(9-12-5-1-2-6-15(12)19-16)10-14-11-18-17(22-14)20-7-3-4-8-20/h1-2,5-6,9,11-12H,3-4,7-8,10H2. The number of carbonyl (C=O) groups excluding carboxylic acids is 1. The van der Waals surface area contributed by atoms with Crippen LogP contribution in [0.4, 0.5) is 5.13 Å². The van der Waals surface area contributed by atoms with Gasteiger partial charge in [0.1, 0.15) is 0 Å². The molecule has 0 radical (unpaired) electrons. The summed E-state index contributed by atoms with van der Waals surface area (Å²) in [7, 11) is 0. The summed E-state index contributed by atoms with van der Waals surface area (Å²) in [6.07, 6.45) is 15.0. The first-order valence-electron chi connectivity index (χ1n) is 7.68. The van der Waals surface area contributed by atoms with Gasteiger partial charge in [-0.05, 0) is 18.9 Å². The van der Waals surface area contributed by atoms with Gasteiger partial charge < -0.3 is 4.90 Å². The average Bonchev–Trinajstić information content (AvgIpc) is 3.18. The van der Waals surface area contributed by atoms with E-state index >= 15 is 0 Å². The highest BCUT2D eigenvalue weighted by Crippen LogP contribution is 2.29. The van der Waals surface area contributed by atoms with Crippen LogP contribution >= 0.6 is 11.3 Å². The van der Waals surface area contributed by atoms with Crippen molar-refractivity contribution in [2.45, 2.75) is 19.3 Å². The van der Waals surface area contributed by atoms with Crippen molar-refractivity contribution in [3.05, 3.63) is 47.0 Å². The molecule has 0 N–H and O–H groups in total. The lowest BCUT2D eigenvalue weighted by molar-refractivity contribution is -0.114. The van der Waals surface area contributed by atoms with Crippen molar-refractivity contribution < 1.29 is 4.79 Å². The molecular weight excluding hydrogens is 294 g/mol. The Hall–Kier alpha value is -2.01. The first-order valence-corrected chi connectivity index (χ1v) is 8.49. The molecule has 1 unspecified atom stereocenters. The van der Waals surface area contributed by atoms with Gasteiger partial charge in [-0.2, -0.15) is 0 Å². The third kappa shape index (κ3) is 2.57. The Morgan fingerprint density at radius 3 is 3.00 bits per heavy atom. The summed E-state index contributed by atoms with van der Waals surface area (Å²) in [5.74, 6) is 0.0333. The van der Waals surface area contributed by atoms with Gasteiger partial charge in [0.2, 0.25) is 0 Å². The fraction of sp³-hybridized carbons (Fsp3) is 0.353. The van der Waals surface area contributed by atoms with Gasteiger partial charge in [0.15, 0.2) is 5.13 Å². The van der Waals surface area contributed by atoms with Crippen LogP contribution in [0.2, 0.25) is 0 Å². The zero-order valence-corrected chi connectivity index (χ0v) is 13.1. The van der Waals surface area contributed by atoms with Crippen LogP contribution in [-0.2, 0) is 11.2 Å². The zero-order valence-electron chi connectivity index (χ0n) is 12.2. The quantitative estimate of drug-likeness (QED) is 0.862. The monoisotopic (exact) mass is 311 g/mol. The van der Waals surface area contributed by atoms with E-state index in [4.69, 9.17) is 0 Å². The largest absolute Gasteiger partial charge is 0.348 e. The van der Waals surface area contributed by atoms with E-state index in [0.29, 0.717) is 6.42 Å². The third-order valence-electron chi connectivity index (χ3n) is 4.21. The zero-order chi connectivity index (χ0) is 14.9. The second kappa shape index (κ2) is 5.65. The number of amides is 1. The lowest BCUT2D eigenvalue weighted by atomic mass is 9.92. The van der Waals surface area contributed by atoms with E-state index in [1.807, 2.05) is 30.5 Å². The molecule has 1 saturated heterocycles. The SMILES string of the molecule is O=C1N=C2C=CC=CC2C=C1Cc1cnc(N2CCCC2)s1. The van der Waals surface area contributed by atoms with Crippen LogP contribution in [0.5, 0.6) is 0 Å². The third-order valence-corrected chi connectivity index (χ3v) is 5.26. The van der Waals surface area contributed by atoms with Gasteiger partial charge in [0.25, 0.3) is 5.91 Å². The Bertz CT molecular complexity index is 720. The number of fused-ring (bicyclic) bond motifs is 1. The normalized spacial score (nSPS) is 23.5. The number of thiazole rings is 1. The number of allylic oxidation sites excluding steroid dienone is 5. The van der Waals surface area contributed by atoms with Crippen molar-refractivity contribution in [1.29, 1.82) is 0 Å². The molecule has 22 heavy (non-hydrogen) atoms. The Morgan fingerprint density at radius 1 is 1.27 bits per heavy atom. The number of anilines is 1. The number of aromatic nitrogens is 1. The molecule has 3 heterocycles. The fourth-order valence-electron chi connectivity index (χ4n) is 3.03. The fourth-order valence-corrected chi connectivity index (χ4v) is 4.02. The number of aliphatic imine (C=N–C) groups is 1. The Kier molecular flexibility index (Phi) is 3.50. The second-order valence-electron chi connectivity index (χ2n) is 5.78. The highest BCUT2D eigenvalue weighted by molar-refractivity contribution is 7.15. The van der Waals surface area contributed by atoms with Crippen LogP contribution in [0.3, 0.4) is 0 Å². The molecule has 5 heteroatoms. The van der Waals surface area contributed by atoms with Crippen LogP contribution in [0.15, 0.2) is 47.1 Å². The van der Waals surface area contributed by atoms with Crippen molar-refractivity contribution in [3.8, 4) is 0 Å². The molecule has 0 aromatic carbocycles. The molecule has 0 spiro atoms. The van der Waals surface area contributed by atoms with Crippen molar-refractivity contribution in [2.75, 3.05) is 18.0 Å². The first kappa shape index (κ1) is 13.6. The molecule has 1 atom stereocenters. The molecule has 112 valence electrons. The molecule has 1 aromatic rings. The minimum atomic E-state index is -0.109. The minimum Gasteiger partial charge on any atom is -0.348 e. The van der Waals surface area contributed by atoms with E-state index < -0.39 is 0 Å². The van der Waals surface area contributed by atoms with Gasteiger partial charge >= 0.3 is 0 Å². The molecule has 1 aromatic heterocycles. The molecule has 1 aliphatic carbocycles. The van der Waals surface area contributed by atoms with E-state index in [2.05, 4.69) is 21.0 Å². The van der Waals surface area contributed by atoms with E-state index in [0.717, 1.165) is 34.4 Å². The highest BCUT2D eigenvalue weighted by atomic mass is 32.1. The molecule has 2 aliphatic heterocycles. The summed E-state index contributed by atoms with van der Waals surface area (Å²) in [4.78, 5) is 24.4. The number of nitrogens with zero attached hydrogens (tertiary/aromatic N) is 3. The summed E-state index contributed by atoms with van der Waals surface area (Å²) < 4.78 is 0. The molecule has 1 fully saturated rings. The predicted molar refractivity (Wildman–Crippen MR) is 89.6 cm³/mol. The molecule has 1 amide bonds. The predicted octanol–water partition coefficient (Wildman–Crippen LogP) is 2.94. The van der Waals surface area contributed by atoms with Crippen LogP contribution in [0.25, 0.3) is 0 Å². The number of carbonyl (C=O) groups is 1. The van der Waals surface area contributed by atoms with Crippen LogP contribution in [0.1, 0.15) is 17.7 Å². The maximum atomic E-state index is 12.2. The van der Waals surface area contributed by atoms with E-state index in [1.54, 1.807) is 11.3 Å². The smallest absolute Gasteiger partial charge is 0.273 e. The number of hydrogen-bond acceptors (Lipinski definition) is 4. The number of hydrogen-bond donors (Lipinski definition) is 0. The summed E-state index contributed by atoms with van der Waals surface area (Å²) in [6, 6.07) is 0. The van der Waals surface area contributed by atoms with Crippen LogP contribution in [0, 0.1) is 5.92 Å². The summed E-state index contributed by atoms with van der Waals surface area (Å²) in [5.41, 5.74) is 1.63. The molecule has 4 nitrogen and oxygen atoms in total. The Labute approximate surface area is 133 Å². The minimum absolute atomic E-state index is 0.109. The van der Waals surface area contributed by atoms with E-state index in [-0.39, 0.29) is 11.8 Å². The average molecular weight is 311 g/mol. The first-order chi connectivity index (χ1) is 10.8. The van der Waals surface area contributed by atoms with Gasteiger partial charge in [0, 0.05) is 42.1 Å². The Balaban J connectivity index is 1.51. The van der Waals surface area contributed by atoms with Crippen molar-refractivity contribution in [1.82, 2.24) is 4.98 Å². The molecular formula is C17H17N3OS. The maximum absolute atomic E-state index is 12.2. The number of dihydropyridines is 1. The van der Waals surface area contributed by atoms with E-state index in [9.17, 15) is 4.79 Å². The summed E-state index contributed by atoms with van der Waals surface area (Å²) >= 11 is 1.70. The van der Waals surface area contributed by atoms with Crippen molar-refractivity contribution >= 4 is 28.1 Å². The topological polar surface area (TPSA) is 45.6 Å². The molecule has 3 aliphatic rings. The molecule has 0 saturated carbocycles. The lowest BCUT2D eigenvalue weighted by Gasteiger charge is -2.18. The van der Waals surface area contributed by atoms with Crippen molar-refractivity contribution in [3.63, 3.8) is 0 Å². The van der Waals surface area contributed by atoms with Crippen LogP contribution in [-0.4, -0.2) is 29.7 Å². The second-order valence-corrected chi connectivity index (χ2v) is 6.88. The molecule has 0 bridgehead atoms. The highest BCUT2D eigenvalue weighted by Gasteiger charge is 2.23. The van der Waals surface area contributed by atoms with Crippen molar-refractivity contribution in [2.24, 2.45) is 10.9 Å². The van der Waals surface area contributed by atoms with Gasteiger partial charge in [-0.3, -0.25) is 4.79 Å². The summed E-state index contributed by atoms with van der Waals surface area (Å²) in [6.45, 7) is 2.20. The van der Waals surface area contributed by atoms with Gasteiger partial charge in [-0.1, -0.05) is 24.3 Å². The van der Waals surface area contributed by atoms with E-state index in [1.165, 1.54) is 12.8 Å². The summed E-state index contributed by atoms with van der Waals surface area (Å²) in [5, 5.41) is 1.08. The van der Waals surface area contributed by atoms with Gasteiger partial charge in [-0.25, -0.2) is 9.98 Å². The lowest BCUT2D eigenvalue weighted by Crippen LogP contribution is -2.20. The Morgan fingerprint density at radius 2 is 2.14 bits per heavy atom. The van der Waals surface area contributed by atoms with Gasteiger partial charge in [-0.15, -0.1) is 11.3 Å².